The van der Waals surface area contributed by atoms with Crippen LogP contribution in [-0.4, -0.2) is 0 Å². The summed E-state index contributed by atoms with van der Waals surface area (Å²) in [5, 5.41) is 0. The zero-order valence-corrected chi connectivity index (χ0v) is 7.75. The summed E-state index contributed by atoms with van der Waals surface area (Å²) < 4.78 is 0. The third-order valence-electron chi connectivity index (χ3n) is 3.96. The molecule has 1 saturated carbocycles. The van der Waals surface area contributed by atoms with Crippen LogP contribution >= 0.6 is 0 Å². The number of hydrogen-bond donors (Lipinski definition) is 0. The Balaban J connectivity index is 2.18. The van der Waals surface area contributed by atoms with Crippen LogP contribution < -0.4 is 0 Å². The van der Waals surface area contributed by atoms with Crippen molar-refractivity contribution in [1.82, 2.24) is 0 Å². The molecule has 0 unspecified atom stereocenters. The van der Waals surface area contributed by atoms with Crippen molar-refractivity contribution in [2.24, 2.45) is 29.6 Å². The molecule has 2 aliphatic carbocycles. The van der Waals surface area contributed by atoms with Gasteiger partial charge in [-0.15, -0.1) is 0 Å². The van der Waals surface area contributed by atoms with Gasteiger partial charge >= 0.3 is 0 Å². The molecular weight excluding hydrogens is 132 g/mol. The fourth-order valence-corrected chi connectivity index (χ4v) is 2.90. The van der Waals surface area contributed by atoms with E-state index >= 15 is 0 Å². The Bertz CT molecular complexity index is 180. The summed E-state index contributed by atoms with van der Waals surface area (Å²) >= 11 is 0. The van der Waals surface area contributed by atoms with Crippen molar-refractivity contribution < 1.29 is 0 Å². The van der Waals surface area contributed by atoms with Crippen LogP contribution in [0.3, 0.4) is 0 Å². The minimum Gasteiger partial charge on any atom is -0.0851 e. The van der Waals surface area contributed by atoms with Crippen LogP contribution in [0.1, 0.15) is 27.2 Å². The van der Waals surface area contributed by atoms with Gasteiger partial charge in [0.2, 0.25) is 0 Å². The second-order valence-electron chi connectivity index (χ2n) is 4.56. The highest BCUT2D eigenvalue weighted by Crippen LogP contribution is 2.49. The van der Waals surface area contributed by atoms with Gasteiger partial charge in [0.15, 0.2) is 0 Å². The van der Waals surface area contributed by atoms with Gasteiger partial charge in [0.25, 0.3) is 0 Å². The lowest BCUT2D eigenvalue weighted by molar-refractivity contribution is 0.362. The first-order valence-electron chi connectivity index (χ1n) is 4.88. The van der Waals surface area contributed by atoms with Gasteiger partial charge in [-0.05, 0) is 36.0 Å². The lowest BCUT2D eigenvalue weighted by Gasteiger charge is -2.15. The molecule has 2 rings (SSSR count). The Morgan fingerprint density at radius 2 is 1.82 bits per heavy atom. The first-order valence-corrected chi connectivity index (χ1v) is 4.88. The summed E-state index contributed by atoms with van der Waals surface area (Å²) in [6, 6.07) is 0. The third-order valence-corrected chi connectivity index (χ3v) is 3.96. The average molecular weight is 150 g/mol. The van der Waals surface area contributed by atoms with Crippen molar-refractivity contribution in [3.05, 3.63) is 12.2 Å². The van der Waals surface area contributed by atoms with E-state index in [2.05, 4.69) is 32.9 Å². The quantitative estimate of drug-likeness (QED) is 0.465. The maximum absolute atomic E-state index is 2.46. The number of hydrogen-bond acceptors (Lipinski definition) is 0. The Morgan fingerprint density at radius 3 is 2.45 bits per heavy atom. The van der Waals surface area contributed by atoms with Crippen LogP contribution in [0.5, 0.6) is 0 Å². The van der Waals surface area contributed by atoms with Crippen molar-refractivity contribution in [3.63, 3.8) is 0 Å². The monoisotopic (exact) mass is 150 g/mol. The lowest BCUT2D eigenvalue weighted by Crippen LogP contribution is -2.10. The van der Waals surface area contributed by atoms with Gasteiger partial charge in [-0.1, -0.05) is 32.9 Å². The van der Waals surface area contributed by atoms with Crippen molar-refractivity contribution >= 4 is 0 Å². The van der Waals surface area contributed by atoms with E-state index in [4.69, 9.17) is 0 Å². The summed E-state index contributed by atoms with van der Waals surface area (Å²) in [5.41, 5.74) is 0. The largest absolute Gasteiger partial charge is 0.0851 e. The summed E-state index contributed by atoms with van der Waals surface area (Å²) in [5.74, 6) is 4.64. The van der Waals surface area contributed by atoms with Crippen molar-refractivity contribution in [2.45, 2.75) is 27.2 Å². The number of rotatable bonds is 0. The molecule has 2 aliphatic rings. The smallest absolute Gasteiger partial charge is 0.0171 e. The van der Waals surface area contributed by atoms with Gasteiger partial charge < -0.3 is 0 Å². The minimum atomic E-state index is 0.854. The molecule has 0 bridgehead atoms. The second kappa shape index (κ2) is 2.36. The Morgan fingerprint density at radius 1 is 1.09 bits per heavy atom. The van der Waals surface area contributed by atoms with E-state index in [1.807, 2.05) is 0 Å². The van der Waals surface area contributed by atoms with E-state index in [0.717, 1.165) is 29.6 Å². The Labute approximate surface area is 69.7 Å². The summed E-state index contributed by atoms with van der Waals surface area (Å²) in [6.45, 7) is 7.19. The van der Waals surface area contributed by atoms with Crippen LogP contribution in [-0.2, 0) is 0 Å². The second-order valence-corrected chi connectivity index (χ2v) is 4.56. The SMILES string of the molecule is C[C@@H]1[C@H]2C=C[C@H](C)[C@H]2C[C@H]1C. The van der Waals surface area contributed by atoms with Gasteiger partial charge in [0.05, 0.1) is 0 Å². The Hall–Kier alpha value is -0.260. The fraction of sp³-hybridized carbons (Fsp3) is 0.818. The van der Waals surface area contributed by atoms with Crippen LogP contribution in [0, 0.1) is 29.6 Å². The molecule has 0 aromatic heterocycles. The molecule has 0 N–H and O–H groups in total. The van der Waals surface area contributed by atoms with E-state index in [0.29, 0.717) is 0 Å². The molecule has 62 valence electrons. The molecule has 0 aromatic rings. The molecule has 0 aliphatic heterocycles. The van der Waals surface area contributed by atoms with Crippen molar-refractivity contribution in [2.75, 3.05) is 0 Å². The molecule has 0 heteroatoms. The molecule has 0 radical (unpaired) electrons. The molecule has 0 nitrogen and oxygen atoms in total. The first kappa shape index (κ1) is 7.39. The van der Waals surface area contributed by atoms with E-state index in [1.54, 1.807) is 0 Å². The summed E-state index contributed by atoms with van der Waals surface area (Å²) in [7, 11) is 0. The summed E-state index contributed by atoms with van der Waals surface area (Å²) in [6.07, 6.45) is 6.33. The molecule has 0 saturated heterocycles. The maximum Gasteiger partial charge on any atom is -0.0171 e. The molecule has 0 amide bonds. The molecule has 5 atom stereocenters. The van der Waals surface area contributed by atoms with Crippen LogP contribution in [0.2, 0.25) is 0 Å². The standard InChI is InChI=1S/C11H18/c1-7-4-5-10-9(3)8(2)6-11(7)10/h4-5,7-11H,6H2,1-3H3/t7-,8+,9-,10+,11+/m0/s1. The predicted molar refractivity (Wildman–Crippen MR) is 48.2 cm³/mol. The van der Waals surface area contributed by atoms with Gasteiger partial charge in [0.1, 0.15) is 0 Å². The normalized spacial score (nSPS) is 55.0. The summed E-state index contributed by atoms with van der Waals surface area (Å²) in [4.78, 5) is 0. The van der Waals surface area contributed by atoms with Gasteiger partial charge in [-0.25, -0.2) is 0 Å². The highest BCUT2D eigenvalue weighted by Gasteiger charge is 2.41. The van der Waals surface area contributed by atoms with Crippen molar-refractivity contribution in [1.29, 1.82) is 0 Å². The first-order chi connectivity index (χ1) is 5.20. The Kier molecular flexibility index (Phi) is 1.59. The molecule has 11 heavy (non-hydrogen) atoms. The molecule has 0 spiro atoms. The van der Waals surface area contributed by atoms with E-state index in [1.165, 1.54) is 6.42 Å². The number of allylic oxidation sites excluding steroid dienone is 2. The molecule has 0 heterocycles. The highest BCUT2D eigenvalue weighted by atomic mass is 14.5. The predicted octanol–water partition coefficient (Wildman–Crippen LogP) is 3.10. The van der Waals surface area contributed by atoms with Crippen LogP contribution in [0.4, 0.5) is 0 Å². The molecule has 0 aromatic carbocycles. The fourth-order valence-electron chi connectivity index (χ4n) is 2.90. The average Bonchev–Trinajstić information content (AvgIpc) is 2.43. The zero-order chi connectivity index (χ0) is 8.01. The van der Waals surface area contributed by atoms with Gasteiger partial charge in [0, 0.05) is 0 Å². The van der Waals surface area contributed by atoms with E-state index < -0.39 is 0 Å². The third kappa shape index (κ3) is 0.953. The molecule has 1 fully saturated rings. The van der Waals surface area contributed by atoms with Gasteiger partial charge in [-0.2, -0.15) is 0 Å². The topological polar surface area (TPSA) is 0 Å². The van der Waals surface area contributed by atoms with E-state index in [9.17, 15) is 0 Å². The van der Waals surface area contributed by atoms with E-state index in [-0.39, 0.29) is 0 Å². The highest BCUT2D eigenvalue weighted by molar-refractivity contribution is 5.10. The minimum absolute atomic E-state index is 0.854. The van der Waals surface area contributed by atoms with Crippen LogP contribution in [0.25, 0.3) is 0 Å². The van der Waals surface area contributed by atoms with Gasteiger partial charge in [-0.3, -0.25) is 0 Å². The molecular formula is C11H18. The lowest BCUT2D eigenvalue weighted by atomic mass is 9.89. The van der Waals surface area contributed by atoms with Crippen LogP contribution in [0.15, 0.2) is 12.2 Å². The zero-order valence-electron chi connectivity index (χ0n) is 7.75. The maximum atomic E-state index is 2.46. The van der Waals surface area contributed by atoms with Crippen molar-refractivity contribution in [3.8, 4) is 0 Å². The number of fused-ring (bicyclic) bond motifs is 1.